The summed E-state index contributed by atoms with van der Waals surface area (Å²) in [7, 11) is 1.61. The topological polar surface area (TPSA) is 79.2 Å². The van der Waals surface area contributed by atoms with E-state index in [2.05, 4.69) is 14.8 Å². The molecule has 0 spiro atoms. The van der Waals surface area contributed by atoms with Crippen molar-refractivity contribution >= 4 is 46.0 Å². The molecule has 170 valence electrons. The summed E-state index contributed by atoms with van der Waals surface area (Å²) >= 11 is 12.6. The Balaban J connectivity index is 1.54. The molecule has 5 rings (SSSR count). The molecule has 8 nitrogen and oxygen atoms in total. The fourth-order valence-corrected chi connectivity index (χ4v) is 4.63. The molecule has 10 heteroatoms. The van der Waals surface area contributed by atoms with E-state index in [9.17, 15) is 9.59 Å². The zero-order valence-corrected chi connectivity index (χ0v) is 19.5. The minimum atomic E-state index is -0.493. The second-order valence-corrected chi connectivity index (χ2v) is 8.88. The summed E-state index contributed by atoms with van der Waals surface area (Å²) in [4.78, 5) is 36.6. The van der Waals surface area contributed by atoms with E-state index in [1.165, 1.54) is 4.57 Å². The van der Waals surface area contributed by atoms with Gasteiger partial charge in [-0.1, -0.05) is 47.5 Å². The van der Waals surface area contributed by atoms with Gasteiger partial charge in [-0.25, -0.2) is 4.79 Å². The average molecular weight is 485 g/mol. The van der Waals surface area contributed by atoms with Crippen LogP contribution in [0.4, 0.5) is 11.6 Å². The number of anilines is 2. The van der Waals surface area contributed by atoms with Crippen molar-refractivity contribution < 1.29 is 0 Å². The number of rotatable bonds is 4. The molecule has 1 aliphatic heterocycles. The van der Waals surface area contributed by atoms with Crippen molar-refractivity contribution in [1.29, 1.82) is 0 Å². The molecule has 1 fully saturated rings. The number of nitrogens with zero attached hydrogens (tertiary/aromatic N) is 5. The Labute approximate surface area is 199 Å². The first-order valence-corrected chi connectivity index (χ1v) is 11.4. The van der Waals surface area contributed by atoms with Crippen LogP contribution in [0.15, 0.2) is 58.1 Å². The minimum Gasteiger partial charge on any atom is -0.368 e. The maximum atomic E-state index is 12.8. The van der Waals surface area contributed by atoms with Crippen LogP contribution in [-0.2, 0) is 13.6 Å². The molecule has 1 N–H and O–H groups in total. The number of hydrogen-bond donors (Lipinski definition) is 1. The van der Waals surface area contributed by atoms with Crippen LogP contribution in [0.1, 0.15) is 5.56 Å². The Bertz CT molecular complexity index is 1450. The third-order valence-corrected chi connectivity index (χ3v) is 6.61. The Morgan fingerprint density at radius 1 is 0.970 bits per heavy atom. The van der Waals surface area contributed by atoms with Crippen molar-refractivity contribution in [3.63, 3.8) is 0 Å². The van der Waals surface area contributed by atoms with Gasteiger partial charge in [-0.2, -0.15) is 4.98 Å². The number of fused-ring (bicyclic) bond motifs is 1. The van der Waals surface area contributed by atoms with E-state index in [4.69, 9.17) is 28.2 Å². The SMILES string of the molecule is Cn1c(=O)[nH]c(=O)c2c1nc(N1CCN(c3cccc(Cl)c3)CC1)n2Cc1ccccc1Cl. The lowest BCUT2D eigenvalue weighted by Gasteiger charge is -2.36. The molecule has 0 atom stereocenters. The van der Waals surface area contributed by atoms with E-state index < -0.39 is 11.2 Å². The van der Waals surface area contributed by atoms with Crippen LogP contribution >= 0.6 is 23.2 Å². The number of benzene rings is 2. The summed E-state index contributed by atoms with van der Waals surface area (Å²) in [5.74, 6) is 0.641. The standard InChI is InChI=1S/C23H22Cl2N6O2/c1-28-20-19(21(32)27-23(28)33)31(14-15-5-2-3-8-18(15)25)22(26-20)30-11-9-29(10-12-30)17-7-4-6-16(24)13-17/h2-8,13H,9-12,14H2,1H3,(H,27,32,33). The highest BCUT2D eigenvalue weighted by molar-refractivity contribution is 6.31. The normalized spacial score (nSPS) is 14.3. The number of nitrogens with one attached hydrogen (secondary N) is 1. The molecular weight excluding hydrogens is 463 g/mol. The Morgan fingerprint density at radius 2 is 1.70 bits per heavy atom. The number of aromatic amines is 1. The summed E-state index contributed by atoms with van der Waals surface area (Å²) in [5.41, 5.74) is 1.69. The molecule has 0 unspecified atom stereocenters. The Morgan fingerprint density at radius 3 is 2.42 bits per heavy atom. The predicted octanol–water partition coefficient (Wildman–Crippen LogP) is 3.11. The van der Waals surface area contributed by atoms with Crippen LogP contribution in [0.25, 0.3) is 11.2 Å². The van der Waals surface area contributed by atoms with E-state index in [1.54, 1.807) is 7.05 Å². The lowest BCUT2D eigenvalue weighted by atomic mass is 10.2. The Hall–Kier alpha value is -3.23. The monoisotopic (exact) mass is 484 g/mol. The lowest BCUT2D eigenvalue weighted by Crippen LogP contribution is -2.47. The van der Waals surface area contributed by atoms with Gasteiger partial charge < -0.3 is 9.80 Å². The number of imidazole rings is 1. The summed E-state index contributed by atoms with van der Waals surface area (Å²) in [6.07, 6.45) is 0. The molecule has 2 aromatic heterocycles. The van der Waals surface area contributed by atoms with E-state index >= 15 is 0 Å². The lowest BCUT2D eigenvalue weighted by molar-refractivity contribution is 0.625. The van der Waals surface area contributed by atoms with Crippen molar-refractivity contribution in [1.82, 2.24) is 19.1 Å². The van der Waals surface area contributed by atoms with Crippen molar-refractivity contribution in [3.05, 3.63) is 85.0 Å². The van der Waals surface area contributed by atoms with Gasteiger partial charge in [0.25, 0.3) is 5.56 Å². The van der Waals surface area contributed by atoms with Crippen molar-refractivity contribution in [2.45, 2.75) is 6.54 Å². The van der Waals surface area contributed by atoms with Crippen LogP contribution in [-0.4, -0.2) is 45.3 Å². The molecule has 1 aliphatic rings. The van der Waals surface area contributed by atoms with Crippen LogP contribution in [0.3, 0.4) is 0 Å². The van der Waals surface area contributed by atoms with Gasteiger partial charge in [0.2, 0.25) is 5.95 Å². The summed E-state index contributed by atoms with van der Waals surface area (Å²) < 4.78 is 3.22. The van der Waals surface area contributed by atoms with E-state index in [1.807, 2.05) is 53.1 Å². The Kier molecular flexibility index (Phi) is 5.64. The van der Waals surface area contributed by atoms with Gasteiger partial charge in [0.1, 0.15) is 0 Å². The molecule has 1 saturated heterocycles. The molecule has 2 aromatic carbocycles. The van der Waals surface area contributed by atoms with Crippen LogP contribution < -0.4 is 21.0 Å². The number of aromatic nitrogens is 4. The molecule has 33 heavy (non-hydrogen) atoms. The molecule has 0 bridgehead atoms. The van der Waals surface area contributed by atoms with Gasteiger partial charge in [-0.05, 0) is 29.8 Å². The maximum Gasteiger partial charge on any atom is 0.329 e. The summed E-state index contributed by atoms with van der Waals surface area (Å²) in [6, 6.07) is 15.3. The van der Waals surface area contributed by atoms with Crippen molar-refractivity contribution in [2.75, 3.05) is 36.0 Å². The molecule has 4 aromatic rings. The number of piperazine rings is 1. The third-order valence-electron chi connectivity index (χ3n) is 6.01. The molecule has 0 saturated carbocycles. The van der Waals surface area contributed by atoms with Crippen LogP contribution in [0, 0.1) is 0 Å². The zero-order valence-electron chi connectivity index (χ0n) is 18.0. The fraction of sp³-hybridized carbons (Fsp3) is 0.261. The van der Waals surface area contributed by atoms with E-state index in [0.29, 0.717) is 46.8 Å². The molecule has 0 radical (unpaired) electrons. The molecule has 0 aliphatic carbocycles. The number of hydrogen-bond acceptors (Lipinski definition) is 5. The summed E-state index contributed by atoms with van der Waals surface area (Å²) in [5, 5.41) is 1.31. The minimum absolute atomic E-state index is 0.350. The molecule has 0 amide bonds. The van der Waals surface area contributed by atoms with E-state index in [-0.39, 0.29) is 0 Å². The number of aryl methyl sites for hydroxylation is 1. The number of H-pyrrole nitrogens is 1. The molecule has 3 heterocycles. The first-order valence-electron chi connectivity index (χ1n) is 10.6. The quantitative estimate of drug-likeness (QED) is 0.481. The zero-order chi connectivity index (χ0) is 23.1. The van der Waals surface area contributed by atoms with Gasteiger partial charge in [0.15, 0.2) is 11.2 Å². The van der Waals surface area contributed by atoms with Crippen LogP contribution in [0.5, 0.6) is 0 Å². The average Bonchev–Trinajstić information content (AvgIpc) is 3.19. The third kappa shape index (κ3) is 4.00. The van der Waals surface area contributed by atoms with Crippen molar-refractivity contribution in [2.24, 2.45) is 7.05 Å². The largest absolute Gasteiger partial charge is 0.368 e. The smallest absolute Gasteiger partial charge is 0.329 e. The highest BCUT2D eigenvalue weighted by atomic mass is 35.5. The highest BCUT2D eigenvalue weighted by Crippen LogP contribution is 2.26. The maximum absolute atomic E-state index is 12.8. The van der Waals surface area contributed by atoms with E-state index in [0.717, 1.165) is 24.3 Å². The first-order chi connectivity index (χ1) is 15.9. The van der Waals surface area contributed by atoms with Gasteiger partial charge in [-0.3, -0.25) is 18.9 Å². The van der Waals surface area contributed by atoms with Crippen LogP contribution in [0.2, 0.25) is 10.0 Å². The first kappa shape index (κ1) is 21.6. The van der Waals surface area contributed by atoms with Gasteiger partial charge >= 0.3 is 5.69 Å². The van der Waals surface area contributed by atoms with Crippen molar-refractivity contribution in [3.8, 4) is 0 Å². The second-order valence-electron chi connectivity index (χ2n) is 8.03. The number of halogens is 2. The summed E-state index contributed by atoms with van der Waals surface area (Å²) in [6.45, 7) is 3.30. The predicted molar refractivity (Wildman–Crippen MR) is 132 cm³/mol. The van der Waals surface area contributed by atoms with Gasteiger partial charge in [0.05, 0.1) is 6.54 Å². The van der Waals surface area contributed by atoms with Gasteiger partial charge in [0, 0.05) is 49.0 Å². The second kappa shape index (κ2) is 8.61. The highest BCUT2D eigenvalue weighted by Gasteiger charge is 2.25. The van der Waals surface area contributed by atoms with Gasteiger partial charge in [-0.15, -0.1) is 0 Å². The fourth-order valence-electron chi connectivity index (χ4n) is 4.25. The molecular formula is C23H22Cl2N6O2.